The Morgan fingerprint density at radius 2 is 1.69 bits per heavy atom. The van der Waals surface area contributed by atoms with E-state index in [9.17, 15) is 36.9 Å². The number of hydrogen-bond acceptors (Lipinski definition) is 8. The van der Waals surface area contributed by atoms with E-state index in [0.717, 1.165) is 36.6 Å². The van der Waals surface area contributed by atoms with Crippen molar-refractivity contribution in [1.29, 1.82) is 0 Å². The zero-order valence-electron chi connectivity index (χ0n) is 14.7. The number of ether oxygens (including phenoxy) is 2. The maximum Gasteiger partial charge on any atom is 0.387 e. The molecule has 0 aliphatic heterocycles. The number of benzene rings is 2. The molecule has 0 unspecified atom stereocenters. The van der Waals surface area contributed by atoms with Gasteiger partial charge in [0, 0.05) is 17.9 Å². The highest BCUT2D eigenvalue weighted by Gasteiger charge is 2.24. The average Bonchev–Trinajstić information content (AvgIpc) is 2.64. The van der Waals surface area contributed by atoms with Gasteiger partial charge in [-0.15, -0.1) is 0 Å². The van der Waals surface area contributed by atoms with E-state index in [1.54, 1.807) is 0 Å². The van der Waals surface area contributed by atoms with E-state index < -0.39 is 50.3 Å². The van der Waals surface area contributed by atoms with Crippen molar-refractivity contribution in [3.05, 3.63) is 63.7 Å². The fourth-order valence-corrected chi connectivity index (χ4v) is 3.05. The van der Waals surface area contributed by atoms with Crippen molar-refractivity contribution in [2.45, 2.75) is 11.5 Å². The predicted molar refractivity (Wildman–Crippen MR) is 93.9 cm³/mol. The van der Waals surface area contributed by atoms with E-state index in [0.29, 0.717) is 0 Å². The zero-order valence-corrected chi connectivity index (χ0v) is 15.5. The fraction of sp³-hybridized carbons (Fsp3) is 0.176. The number of esters is 1. The first-order valence-electron chi connectivity index (χ1n) is 7.72. The van der Waals surface area contributed by atoms with Crippen molar-refractivity contribution >= 4 is 27.3 Å². The van der Waals surface area contributed by atoms with Crippen molar-refractivity contribution in [1.82, 2.24) is 0 Å². The molecule has 0 aromatic heterocycles. The number of nitro benzene ring substituents is 1. The molecule has 0 spiro atoms. The number of ketones is 1. The van der Waals surface area contributed by atoms with Crippen molar-refractivity contribution < 1.29 is 41.2 Å². The molecule has 154 valence electrons. The number of halogens is 2. The van der Waals surface area contributed by atoms with Gasteiger partial charge in [-0.25, -0.2) is 13.2 Å². The van der Waals surface area contributed by atoms with E-state index in [2.05, 4.69) is 4.74 Å². The Balaban J connectivity index is 2.09. The van der Waals surface area contributed by atoms with Crippen molar-refractivity contribution in [3.63, 3.8) is 0 Å². The molecule has 2 rings (SSSR count). The number of nitro groups is 1. The van der Waals surface area contributed by atoms with E-state index in [1.807, 2.05) is 0 Å². The smallest absolute Gasteiger partial charge is 0.387 e. The monoisotopic (exact) mass is 429 g/mol. The number of carbonyl (C=O) groups excluding carboxylic acids is 2. The van der Waals surface area contributed by atoms with Gasteiger partial charge in [-0.2, -0.15) is 8.78 Å². The fourth-order valence-electron chi connectivity index (χ4n) is 2.22. The lowest BCUT2D eigenvalue weighted by molar-refractivity contribution is -0.387. The molecular weight excluding hydrogens is 416 g/mol. The van der Waals surface area contributed by atoms with Crippen molar-refractivity contribution in [2.75, 3.05) is 12.9 Å². The summed E-state index contributed by atoms with van der Waals surface area (Å²) >= 11 is 0. The third-order valence-corrected chi connectivity index (χ3v) is 4.67. The molecule has 9 nitrogen and oxygen atoms in total. The Labute approximate surface area is 162 Å². The molecule has 0 aliphatic carbocycles. The van der Waals surface area contributed by atoms with Gasteiger partial charge in [-0.1, -0.05) is 0 Å². The Kier molecular flexibility index (Phi) is 6.59. The van der Waals surface area contributed by atoms with Crippen LogP contribution in [0.2, 0.25) is 0 Å². The van der Waals surface area contributed by atoms with Crippen LogP contribution in [-0.2, 0) is 14.6 Å². The summed E-state index contributed by atoms with van der Waals surface area (Å²) in [5.41, 5.74) is -1.07. The summed E-state index contributed by atoms with van der Waals surface area (Å²) in [4.78, 5) is 33.6. The second-order valence-electron chi connectivity index (χ2n) is 5.61. The van der Waals surface area contributed by atoms with E-state index in [-0.39, 0.29) is 16.9 Å². The van der Waals surface area contributed by atoms with Gasteiger partial charge in [0.05, 0.1) is 10.5 Å². The minimum atomic E-state index is -3.90. The Bertz CT molecular complexity index is 1050. The summed E-state index contributed by atoms with van der Waals surface area (Å²) in [6.07, 6.45) is 0.781. The van der Waals surface area contributed by atoms with Crippen LogP contribution >= 0.6 is 0 Å². The Morgan fingerprint density at radius 3 is 2.21 bits per heavy atom. The molecule has 0 bridgehead atoms. The normalized spacial score (nSPS) is 11.2. The lowest BCUT2D eigenvalue weighted by Crippen LogP contribution is -2.15. The molecule has 2 aromatic rings. The third-order valence-electron chi connectivity index (χ3n) is 3.53. The van der Waals surface area contributed by atoms with Crippen LogP contribution in [-0.4, -0.2) is 44.6 Å². The summed E-state index contributed by atoms with van der Waals surface area (Å²) in [7, 11) is -3.90. The van der Waals surface area contributed by atoms with Gasteiger partial charge in [0.25, 0.3) is 5.69 Å². The predicted octanol–water partition coefficient (Wildman–Crippen LogP) is 2.64. The first-order chi connectivity index (χ1) is 13.5. The molecule has 0 N–H and O–H groups in total. The molecule has 29 heavy (non-hydrogen) atoms. The van der Waals surface area contributed by atoms with Gasteiger partial charge in [0.2, 0.25) is 0 Å². The first kappa shape index (κ1) is 21.9. The van der Waals surface area contributed by atoms with Crippen LogP contribution in [0.25, 0.3) is 0 Å². The summed E-state index contributed by atoms with van der Waals surface area (Å²) < 4.78 is 56.3. The third kappa shape index (κ3) is 5.78. The van der Waals surface area contributed by atoms with E-state index in [4.69, 9.17) is 4.74 Å². The molecule has 2 aromatic carbocycles. The number of hydrogen-bond donors (Lipinski definition) is 0. The van der Waals surface area contributed by atoms with Crippen molar-refractivity contribution in [2.24, 2.45) is 0 Å². The molecule has 0 atom stereocenters. The standard InChI is InChI=1S/C17H13F2NO8S/c1-29(25,26)15-7-4-11(8-13(15)20(23)24)16(22)27-9-14(21)10-2-5-12(6-3-10)28-17(18)19/h2-8,17H,9H2,1H3. The number of rotatable bonds is 8. The maximum absolute atomic E-state index is 12.1. The topological polar surface area (TPSA) is 130 Å². The molecule has 0 saturated carbocycles. The second kappa shape index (κ2) is 8.73. The van der Waals surface area contributed by atoms with Gasteiger partial charge in [0.1, 0.15) is 10.6 Å². The Morgan fingerprint density at radius 1 is 1.10 bits per heavy atom. The number of sulfone groups is 1. The van der Waals surface area contributed by atoms with Crippen LogP contribution in [0, 0.1) is 10.1 Å². The van der Waals surface area contributed by atoms with Crippen molar-refractivity contribution in [3.8, 4) is 5.75 Å². The summed E-state index contributed by atoms with van der Waals surface area (Å²) in [6, 6.07) is 7.31. The molecule has 0 radical (unpaired) electrons. The van der Waals surface area contributed by atoms with Gasteiger partial charge in [-0.05, 0) is 36.4 Å². The van der Waals surface area contributed by atoms with E-state index in [1.165, 1.54) is 12.1 Å². The van der Waals surface area contributed by atoms with Crippen LogP contribution in [0.3, 0.4) is 0 Å². The first-order valence-corrected chi connectivity index (χ1v) is 9.62. The minimum absolute atomic E-state index is 0.0535. The summed E-state index contributed by atoms with van der Waals surface area (Å²) in [5.74, 6) is -1.91. The van der Waals surface area contributed by atoms with Gasteiger partial charge in [0.15, 0.2) is 22.2 Å². The molecular formula is C17H13F2NO8S. The van der Waals surface area contributed by atoms with Crippen LogP contribution in [0.15, 0.2) is 47.4 Å². The lowest BCUT2D eigenvalue weighted by Gasteiger charge is -2.07. The second-order valence-corrected chi connectivity index (χ2v) is 7.60. The Hall–Kier alpha value is -3.41. The number of Topliss-reactive ketones (excluding diaryl/α,β-unsaturated/α-hetero) is 1. The van der Waals surface area contributed by atoms with Crippen LogP contribution < -0.4 is 4.74 Å². The molecule has 0 saturated heterocycles. The highest BCUT2D eigenvalue weighted by Crippen LogP contribution is 2.25. The largest absolute Gasteiger partial charge is 0.454 e. The summed E-state index contributed by atoms with van der Waals surface area (Å²) in [5, 5.41) is 11.1. The molecule has 0 fully saturated rings. The maximum atomic E-state index is 12.1. The molecule has 0 heterocycles. The van der Waals surface area contributed by atoms with Crippen LogP contribution in [0.5, 0.6) is 5.75 Å². The average molecular weight is 429 g/mol. The molecule has 12 heteroatoms. The number of carbonyl (C=O) groups is 2. The number of nitrogens with zero attached hydrogens (tertiary/aromatic N) is 1. The molecule has 0 amide bonds. The highest BCUT2D eigenvalue weighted by molar-refractivity contribution is 7.90. The SMILES string of the molecule is CS(=O)(=O)c1ccc(C(=O)OCC(=O)c2ccc(OC(F)F)cc2)cc1[N+](=O)[O-]. The highest BCUT2D eigenvalue weighted by atomic mass is 32.2. The quantitative estimate of drug-likeness (QED) is 0.271. The number of alkyl halides is 2. The van der Waals surface area contributed by atoms with Gasteiger partial charge in [-0.3, -0.25) is 14.9 Å². The lowest BCUT2D eigenvalue weighted by atomic mass is 10.1. The molecule has 0 aliphatic rings. The van der Waals surface area contributed by atoms with E-state index >= 15 is 0 Å². The summed E-state index contributed by atoms with van der Waals surface area (Å²) in [6.45, 7) is -3.74. The van der Waals surface area contributed by atoms with Gasteiger partial charge < -0.3 is 9.47 Å². The minimum Gasteiger partial charge on any atom is -0.454 e. The van der Waals surface area contributed by atoms with Gasteiger partial charge >= 0.3 is 12.6 Å². The van der Waals surface area contributed by atoms with Crippen LogP contribution in [0.4, 0.5) is 14.5 Å². The van der Waals surface area contributed by atoms with Crippen LogP contribution in [0.1, 0.15) is 20.7 Å². The zero-order chi connectivity index (χ0) is 21.8.